The number of aromatic nitrogens is 3. The van der Waals surface area contributed by atoms with Gasteiger partial charge in [-0.05, 0) is 20.8 Å². The minimum absolute atomic E-state index is 0.143. The van der Waals surface area contributed by atoms with Crippen LogP contribution in [0.1, 0.15) is 25.9 Å². The Hall–Kier alpha value is -1.69. The lowest BCUT2D eigenvalue weighted by molar-refractivity contribution is 0.102. The number of rotatable bonds is 2. The lowest BCUT2D eigenvalue weighted by Gasteiger charge is -2.01. The highest BCUT2D eigenvalue weighted by molar-refractivity contribution is 7.13. The molecule has 5 nitrogen and oxygen atoms in total. The van der Waals surface area contributed by atoms with E-state index in [0.29, 0.717) is 10.7 Å². The van der Waals surface area contributed by atoms with Crippen LogP contribution in [0.25, 0.3) is 0 Å². The molecule has 0 radical (unpaired) electrons. The van der Waals surface area contributed by atoms with Crippen molar-refractivity contribution < 1.29 is 4.79 Å². The van der Waals surface area contributed by atoms with Crippen LogP contribution < -0.4 is 5.32 Å². The zero-order chi connectivity index (χ0) is 11.7. The molecule has 2 aromatic rings. The van der Waals surface area contributed by atoms with Gasteiger partial charge >= 0.3 is 0 Å². The maximum atomic E-state index is 11.9. The summed E-state index contributed by atoms with van der Waals surface area (Å²) in [5, 5.41) is 10.2. The summed E-state index contributed by atoms with van der Waals surface area (Å²) in [6, 6.07) is 0. The number of hydrogen-bond donors (Lipinski definition) is 2. The Kier molecular flexibility index (Phi) is 2.74. The molecule has 0 fully saturated rings. The molecule has 0 saturated heterocycles. The van der Waals surface area contributed by atoms with E-state index in [4.69, 9.17) is 0 Å². The number of aryl methyl sites for hydroxylation is 3. The summed E-state index contributed by atoms with van der Waals surface area (Å²) in [6.45, 7) is 5.60. The smallest absolute Gasteiger partial charge is 0.268 e. The third kappa shape index (κ3) is 1.96. The Morgan fingerprint density at radius 2 is 2.19 bits per heavy atom. The highest BCUT2D eigenvalue weighted by Crippen LogP contribution is 2.19. The maximum absolute atomic E-state index is 11.9. The minimum atomic E-state index is -0.143. The number of carbonyl (C=O) groups is 1. The third-order valence-corrected chi connectivity index (χ3v) is 3.25. The van der Waals surface area contributed by atoms with Gasteiger partial charge in [0.2, 0.25) is 0 Å². The third-order valence-electron chi connectivity index (χ3n) is 2.18. The van der Waals surface area contributed by atoms with Crippen molar-refractivity contribution in [2.24, 2.45) is 0 Å². The first-order valence-corrected chi connectivity index (χ1v) is 5.65. The molecule has 0 aliphatic rings. The summed E-state index contributed by atoms with van der Waals surface area (Å²) in [4.78, 5) is 16.8. The number of anilines is 1. The molecule has 0 aliphatic carbocycles. The molecular weight excluding hydrogens is 224 g/mol. The fraction of sp³-hybridized carbons (Fsp3) is 0.300. The normalized spacial score (nSPS) is 10.4. The van der Waals surface area contributed by atoms with Crippen LogP contribution >= 0.6 is 11.3 Å². The Morgan fingerprint density at radius 1 is 1.44 bits per heavy atom. The molecule has 2 aromatic heterocycles. The van der Waals surface area contributed by atoms with Crippen molar-refractivity contribution in [2.75, 3.05) is 5.32 Å². The van der Waals surface area contributed by atoms with Gasteiger partial charge in [-0.15, -0.1) is 11.3 Å². The number of nitrogens with one attached hydrogen (secondary N) is 2. The Bertz CT molecular complexity index is 529. The van der Waals surface area contributed by atoms with Crippen molar-refractivity contribution in [2.45, 2.75) is 20.8 Å². The maximum Gasteiger partial charge on any atom is 0.268 e. The molecule has 0 aromatic carbocycles. The summed E-state index contributed by atoms with van der Waals surface area (Å²) < 4.78 is 0. The van der Waals surface area contributed by atoms with Gasteiger partial charge in [-0.3, -0.25) is 9.89 Å². The minimum Gasteiger partial charge on any atom is -0.306 e. The standard InChI is InChI=1S/C10H12N4OS/c1-5-4-11-14-9(5)13-10(15)8-6(2)12-7(3)16-8/h4H,1-3H3,(H2,11,13,14,15). The first-order chi connectivity index (χ1) is 7.58. The summed E-state index contributed by atoms with van der Waals surface area (Å²) in [7, 11) is 0. The second-order valence-electron chi connectivity index (χ2n) is 3.53. The molecule has 84 valence electrons. The van der Waals surface area contributed by atoms with Crippen molar-refractivity contribution in [1.29, 1.82) is 0 Å². The van der Waals surface area contributed by atoms with Gasteiger partial charge in [-0.25, -0.2) is 4.98 Å². The summed E-state index contributed by atoms with van der Waals surface area (Å²) in [6.07, 6.45) is 1.67. The van der Waals surface area contributed by atoms with Crippen LogP contribution in [0.3, 0.4) is 0 Å². The van der Waals surface area contributed by atoms with Crippen LogP contribution in [-0.2, 0) is 0 Å². The van der Waals surface area contributed by atoms with E-state index in [9.17, 15) is 4.79 Å². The number of hydrogen-bond acceptors (Lipinski definition) is 4. The largest absolute Gasteiger partial charge is 0.306 e. The predicted octanol–water partition coefficient (Wildman–Crippen LogP) is 2.04. The highest BCUT2D eigenvalue weighted by atomic mass is 32.1. The number of H-pyrrole nitrogens is 1. The van der Waals surface area contributed by atoms with Gasteiger partial charge < -0.3 is 5.32 Å². The zero-order valence-corrected chi connectivity index (χ0v) is 10.1. The quantitative estimate of drug-likeness (QED) is 0.838. The van der Waals surface area contributed by atoms with E-state index in [0.717, 1.165) is 16.3 Å². The lowest BCUT2D eigenvalue weighted by atomic mass is 10.3. The van der Waals surface area contributed by atoms with E-state index in [1.807, 2.05) is 20.8 Å². The summed E-state index contributed by atoms with van der Waals surface area (Å²) in [5.74, 6) is 0.492. The van der Waals surface area contributed by atoms with Crippen LogP contribution in [-0.4, -0.2) is 21.1 Å². The van der Waals surface area contributed by atoms with Crippen LogP contribution in [0.15, 0.2) is 6.20 Å². The predicted molar refractivity (Wildman–Crippen MR) is 62.9 cm³/mol. The molecular formula is C10H12N4OS. The van der Waals surface area contributed by atoms with E-state index in [-0.39, 0.29) is 5.91 Å². The van der Waals surface area contributed by atoms with E-state index in [1.54, 1.807) is 6.20 Å². The number of nitrogens with zero attached hydrogens (tertiary/aromatic N) is 2. The fourth-order valence-electron chi connectivity index (χ4n) is 1.39. The number of thiazole rings is 1. The molecule has 2 rings (SSSR count). The molecule has 0 spiro atoms. The van der Waals surface area contributed by atoms with Crippen LogP contribution in [0.2, 0.25) is 0 Å². The molecule has 0 aliphatic heterocycles. The van der Waals surface area contributed by atoms with Crippen molar-refractivity contribution >= 4 is 23.1 Å². The molecule has 0 saturated carbocycles. The highest BCUT2D eigenvalue weighted by Gasteiger charge is 2.15. The van der Waals surface area contributed by atoms with Crippen molar-refractivity contribution in [3.8, 4) is 0 Å². The Labute approximate surface area is 96.9 Å². The molecule has 0 atom stereocenters. The molecule has 1 amide bonds. The molecule has 2 heterocycles. The first-order valence-electron chi connectivity index (χ1n) is 4.83. The van der Waals surface area contributed by atoms with Crippen LogP contribution in [0.4, 0.5) is 5.82 Å². The number of carbonyl (C=O) groups excluding carboxylic acids is 1. The van der Waals surface area contributed by atoms with Gasteiger partial charge in [0.25, 0.3) is 5.91 Å². The fourth-order valence-corrected chi connectivity index (χ4v) is 2.20. The summed E-state index contributed by atoms with van der Waals surface area (Å²) >= 11 is 1.39. The Balaban J connectivity index is 2.21. The molecule has 16 heavy (non-hydrogen) atoms. The van der Waals surface area contributed by atoms with Gasteiger partial charge in [0, 0.05) is 5.56 Å². The van der Waals surface area contributed by atoms with Gasteiger partial charge in [0.05, 0.1) is 16.9 Å². The average Bonchev–Trinajstić information content (AvgIpc) is 2.74. The average molecular weight is 236 g/mol. The second-order valence-corrected chi connectivity index (χ2v) is 4.73. The van der Waals surface area contributed by atoms with Gasteiger partial charge in [0.15, 0.2) is 0 Å². The first kappa shape index (κ1) is 10.8. The van der Waals surface area contributed by atoms with E-state index in [1.165, 1.54) is 11.3 Å². The number of aromatic amines is 1. The van der Waals surface area contributed by atoms with Crippen molar-refractivity contribution in [3.63, 3.8) is 0 Å². The van der Waals surface area contributed by atoms with E-state index >= 15 is 0 Å². The summed E-state index contributed by atoms with van der Waals surface area (Å²) in [5.41, 5.74) is 1.67. The molecule has 6 heteroatoms. The SMILES string of the molecule is Cc1nc(C)c(C(=O)Nc2[nH]ncc2C)s1. The number of amides is 1. The van der Waals surface area contributed by atoms with Gasteiger partial charge in [-0.2, -0.15) is 5.10 Å². The monoisotopic (exact) mass is 236 g/mol. The van der Waals surface area contributed by atoms with E-state index in [2.05, 4.69) is 20.5 Å². The van der Waals surface area contributed by atoms with E-state index < -0.39 is 0 Å². The van der Waals surface area contributed by atoms with Crippen LogP contribution in [0, 0.1) is 20.8 Å². The second kappa shape index (κ2) is 4.05. The Morgan fingerprint density at radius 3 is 2.69 bits per heavy atom. The van der Waals surface area contributed by atoms with Crippen molar-refractivity contribution in [1.82, 2.24) is 15.2 Å². The van der Waals surface area contributed by atoms with Crippen LogP contribution in [0.5, 0.6) is 0 Å². The van der Waals surface area contributed by atoms with Gasteiger partial charge in [-0.1, -0.05) is 0 Å². The molecule has 0 bridgehead atoms. The zero-order valence-electron chi connectivity index (χ0n) is 9.29. The van der Waals surface area contributed by atoms with Crippen molar-refractivity contribution in [3.05, 3.63) is 27.3 Å². The lowest BCUT2D eigenvalue weighted by Crippen LogP contribution is -2.12. The van der Waals surface area contributed by atoms with Gasteiger partial charge in [0.1, 0.15) is 10.7 Å². The molecule has 0 unspecified atom stereocenters. The topological polar surface area (TPSA) is 70.7 Å². The molecule has 2 N–H and O–H groups in total.